The molecule has 5 nitrogen and oxygen atoms in total. The first-order valence-electron chi connectivity index (χ1n) is 9.96. The minimum atomic E-state index is -4.60. The highest BCUT2D eigenvalue weighted by Gasteiger charge is 2.33. The summed E-state index contributed by atoms with van der Waals surface area (Å²) in [6.45, 7) is 4.44. The monoisotopic (exact) mass is 417 g/mol. The van der Waals surface area contributed by atoms with Gasteiger partial charge in [-0.2, -0.15) is 13.2 Å². The van der Waals surface area contributed by atoms with Crippen molar-refractivity contribution in [3.8, 4) is 5.75 Å². The van der Waals surface area contributed by atoms with Crippen LogP contribution >= 0.6 is 0 Å². The van der Waals surface area contributed by atoms with Gasteiger partial charge in [0.2, 0.25) is 0 Å². The molecule has 30 heavy (non-hydrogen) atoms. The number of pyridine rings is 2. The van der Waals surface area contributed by atoms with Crippen LogP contribution in [0.25, 0.3) is 5.65 Å². The Labute approximate surface area is 171 Å². The number of hydrogen-bond acceptors (Lipinski definition) is 4. The normalized spacial score (nSPS) is 19.0. The van der Waals surface area contributed by atoms with Crippen LogP contribution in [0.3, 0.4) is 0 Å². The van der Waals surface area contributed by atoms with E-state index in [1.165, 1.54) is 12.1 Å². The van der Waals surface area contributed by atoms with Gasteiger partial charge in [0.15, 0.2) is 5.78 Å². The van der Waals surface area contributed by atoms with E-state index in [4.69, 9.17) is 4.74 Å². The van der Waals surface area contributed by atoms with Gasteiger partial charge in [-0.15, -0.1) is 0 Å². The molecule has 3 aromatic heterocycles. The molecule has 3 heterocycles. The summed E-state index contributed by atoms with van der Waals surface area (Å²) in [6.07, 6.45) is 1.22. The van der Waals surface area contributed by atoms with E-state index in [0.29, 0.717) is 29.8 Å². The van der Waals surface area contributed by atoms with Gasteiger partial charge in [0, 0.05) is 36.4 Å². The van der Waals surface area contributed by atoms with Crippen LogP contribution in [0.4, 0.5) is 13.2 Å². The number of fused-ring (bicyclic) bond motifs is 1. The minimum Gasteiger partial charge on any atom is -0.493 e. The fourth-order valence-electron chi connectivity index (χ4n) is 3.85. The van der Waals surface area contributed by atoms with Gasteiger partial charge in [0.05, 0.1) is 12.3 Å². The molecule has 1 fully saturated rings. The van der Waals surface area contributed by atoms with Crippen molar-refractivity contribution in [3.63, 3.8) is 0 Å². The van der Waals surface area contributed by atoms with Crippen LogP contribution in [0.2, 0.25) is 0 Å². The molecular formula is C22H22F3N3O2. The van der Waals surface area contributed by atoms with Crippen LogP contribution in [0.1, 0.15) is 60.0 Å². The third-order valence-electron chi connectivity index (χ3n) is 5.42. The van der Waals surface area contributed by atoms with E-state index in [9.17, 15) is 18.0 Å². The molecule has 0 saturated heterocycles. The van der Waals surface area contributed by atoms with E-state index in [1.807, 2.05) is 17.5 Å². The lowest BCUT2D eigenvalue weighted by molar-refractivity contribution is -0.141. The highest BCUT2D eigenvalue weighted by molar-refractivity contribution is 5.96. The molecule has 8 heteroatoms. The zero-order valence-corrected chi connectivity index (χ0v) is 16.7. The fraction of sp³-hybridized carbons (Fsp3) is 0.409. The van der Waals surface area contributed by atoms with Gasteiger partial charge in [-0.1, -0.05) is 13.0 Å². The predicted octanol–water partition coefficient (Wildman–Crippen LogP) is 5.09. The molecule has 0 aliphatic heterocycles. The minimum absolute atomic E-state index is 0.118. The first-order valence-corrected chi connectivity index (χ1v) is 9.96. The molecule has 0 atom stereocenters. The Kier molecular flexibility index (Phi) is 5.26. The number of carbonyl (C=O) groups is 1. The molecular weight excluding hydrogens is 395 g/mol. The van der Waals surface area contributed by atoms with Crippen LogP contribution in [0.5, 0.6) is 5.75 Å². The number of aromatic nitrogens is 3. The number of ether oxygens (including phenoxy) is 1. The smallest absolute Gasteiger partial charge is 0.433 e. The Morgan fingerprint density at radius 3 is 2.67 bits per heavy atom. The summed E-state index contributed by atoms with van der Waals surface area (Å²) < 4.78 is 46.3. The molecule has 0 bridgehead atoms. The van der Waals surface area contributed by atoms with E-state index in [1.54, 1.807) is 12.3 Å². The number of Topliss-reactive ketones (excluding diaryl/α,β-unsaturated/α-hetero) is 1. The fourth-order valence-corrected chi connectivity index (χ4v) is 3.85. The summed E-state index contributed by atoms with van der Waals surface area (Å²) in [5.74, 6) is 1.14. The average molecular weight is 417 g/mol. The lowest BCUT2D eigenvalue weighted by Crippen LogP contribution is -2.18. The van der Waals surface area contributed by atoms with E-state index in [-0.39, 0.29) is 12.1 Å². The number of carbonyl (C=O) groups excluding carboxylic acids is 1. The molecule has 0 aromatic carbocycles. The quantitative estimate of drug-likeness (QED) is 0.525. The second-order valence-electron chi connectivity index (χ2n) is 7.81. The van der Waals surface area contributed by atoms with Crippen LogP contribution < -0.4 is 4.74 Å². The van der Waals surface area contributed by atoms with Gasteiger partial charge in [0.25, 0.3) is 0 Å². The van der Waals surface area contributed by atoms with Gasteiger partial charge >= 0.3 is 6.18 Å². The molecule has 1 aliphatic rings. The van der Waals surface area contributed by atoms with E-state index in [2.05, 4.69) is 16.9 Å². The Hall–Kier alpha value is -2.90. The van der Waals surface area contributed by atoms with Crippen LogP contribution in [-0.4, -0.2) is 26.8 Å². The van der Waals surface area contributed by atoms with Crippen LogP contribution in [-0.2, 0) is 12.6 Å². The molecule has 0 N–H and O–H groups in total. The summed E-state index contributed by atoms with van der Waals surface area (Å²) in [5.41, 5.74) is 1.02. The maximum absolute atomic E-state index is 12.9. The van der Waals surface area contributed by atoms with Crippen molar-refractivity contribution in [3.05, 3.63) is 59.3 Å². The van der Waals surface area contributed by atoms with Crippen molar-refractivity contribution in [2.24, 2.45) is 5.92 Å². The van der Waals surface area contributed by atoms with Gasteiger partial charge in [-0.05, 0) is 37.8 Å². The maximum Gasteiger partial charge on any atom is 0.433 e. The highest BCUT2D eigenvalue weighted by Crippen LogP contribution is 2.41. The topological polar surface area (TPSA) is 56.5 Å². The Balaban J connectivity index is 1.63. The van der Waals surface area contributed by atoms with Gasteiger partial charge in [-0.25, -0.2) is 9.97 Å². The number of halogens is 3. The second-order valence-corrected chi connectivity index (χ2v) is 7.81. The molecule has 0 unspecified atom stereocenters. The molecule has 1 aliphatic carbocycles. The molecule has 158 valence electrons. The zero-order chi connectivity index (χ0) is 21.5. The SMILES string of the molecule is CCOc1cc2nc(C3CC(C)C3)cn2cc1CC(=O)c1cccc(C(F)(F)F)n1. The van der Waals surface area contributed by atoms with Gasteiger partial charge < -0.3 is 9.14 Å². The number of nitrogens with zero attached hydrogens (tertiary/aromatic N) is 3. The number of alkyl halides is 3. The maximum atomic E-state index is 12.9. The predicted molar refractivity (Wildman–Crippen MR) is 105 cm³/mol. The molecule has 0 radical (unpaired) electrons. The van der Waals surface area contributed by atoms with E-state index in [0.717, 1.165) is 30.2 Å². The third-order valence-corrected chi connectivity index (χ3v) is 5.42. The largest absolute Gasteiger partial charge is 0.493 e. The van der Waals surface area contributed by atoms with Crippen molar-refractivity contribution >= 4 is 11.4 Å². The lowest BCUT2D eigenvalue weighted by Gasteiger charge is -2.31. The van der Waals surface area contributed by atoms with Gasteiger partial charge in [-0.3, -0.25) is 4.79 Å². The van der Waals surface area contributed by atoms with Crippen molar-refractivity contribution in [1.82, 2.24) is 14.4 Å². The zero-order valence-electron chi connectivity index (χ0n) is 16.7. The van der Waals surface area contributed by atoms with Crippen molar-refractivity contribution in [1.29, 1.82) is 0 Å². The second kappa shape index (κ2) is 7.74. The Bertz CT molecular complexity index is 1080. The molecule has 0 spiro atoms. The summed E-state index contributed by atoms with van der Waals surface area (Å²) >= 11 is 0. The Morgan fingerprint density at radius 1 is 1.23 bits per heavy atom. The molecule has 3 aromatic rings. The molecule has 0 amide bonds. The number of imidazole rings is 1. The summed E-state index contributed by atoms with van der Waals surface area (Å²) in [6, 6.07) is 5.11. The third kappa shape index (κ3) is 4.04. The Morgan fingerprint density at radius 2 is 2.00 bits per heavy atom. The summed E-state index contributed by atoms with van der Waals surface area (Å²) in [7, 11) is 0. The highest BCUT2D eigenvalue weighted by atomic mass is 19.4. The molecule has 4 rings (SSSR count). The van der Waals surface area contributed by atoms with Crippen molar-refractivity contribution in [2.75, 3.05) is 6.61 Å². The first-order chi connectivity index (χ1) is 14.2. The standard InChI is InChI=1S/C22H22F3N3O2/c1-3-30-19-10-21-27-17(14-7-13(2)8-14)12-28(21)11-15(19)9-18(29)16-5-4-6-20(26-16)22(23,24)25/h4-6,10-14H,3,7-9H2,1-2H3. The van der Waals surface area contributed by atoms with Gasteiger partial charge in [0.1, 0.15) is 22.8 Å². The number of rotatable bonds is 6. The first kappa shape index (κ1) is 20.4. The number of ketones is 1. The van der Waals surface area contributed by atoms with E-state index >= 15 is 0 Å². The molecule has 1 saturated carbocycles. The lowest BCUT2D eigenvalue weighted by atomic mass is 9.75. The van der Waals surface area contributed by atoms with Crippen LogP contribution in [0, 0.1) is 5.92 Å². The summed E-state index contributed by atoms with van der Waals surface area (Å²) in [4.78, 5) is 20.9. The van der Waals surface area contributed by atoms with Crippen molar-refractivity contribution in [2.45, 2.75) is 45.2 Å². The number of hydrogen-bond donors (Lipinski definition) is 0. The van der Waals surface area contributed by atoms with Crippen LogP contribution in [0.15, 0.2) is 36.7 Å². The average Bonchev–Trinajstić information content (AvgIpc) is 3.07. The van der Waals surface area contributed by atoms with E-state index < -0.39 is 17.7 Å². The summed E-state index contributed by atoms with van der Waals surface area (Å²) in [5, 5.41) is 0. The van der Waals surface area contributed by atoms with Crippen molar-refractivity contribution < 1.29 is 22.7 Å².